The van der Waals surface area contributed by atoms with Crippen LogP contribution in [0.5, 0.6) is 5.75 Å². The molecule has 59 heavy (non-hydrogen) atoms. The zero-order valence-corrected chi connectivity index (χ0v) is 34.8. The predicted octanol–water partition coefficient (Wildman–Crippen LogP) is 5.42. The summed E-state index contributed by atoms with van der Waals surface area (Å²) < 4.78 is 13.9. The number of carbonyl (C=O) groups is 3. The summed E-state index contributed by atoms with van der Waals surface area (Å²) in [5.74, 6) is -1.18. The summed E-state index contributed by atoms with van der Waals surface area (Å²) in [6.07, 6.45) is 7.72. The molecule has 1 aliphatic heterocycles. The number of phenolic OH excluding ortho intramolecular Hbond substituents is 1. The fraction of sp³-hybridized carbons (Fsp3) is 0.444. The topological polar surface area (TPSA) is 196 Å². The van der Waals surface area contributed by atoms with Crippen molar-refractivity contribution in [2.24, 2.45) is 40.6 Å². The molecular formula is C45H53N5O9. The Bertz CT molecular complexity index is 2400. The van der Waals surface area contributed by atoms with E-state index >= 15 is 0 Å². The number of hydrogen-bond donors (Lipinski definition) is 5. The number of phenols is 1. The van der Waals surface area contributed by atoms with Gasteiger partial charge in [0.05, 0.1) is 36.0 Å². The number of aliphatic hydroxyl groups excluding tert-OH is 3. The second kappa shape index (κ2) is 17.2. The van der Waals surface area contributed by atoms with E-state index in [1.165, 1.54) is 14.0 Å². The van der Waals surface area contributed by atoms with Gasteiger partial charge in [-0.3, -0.25) is 18.8 Å². The summed E-state index contributed by atoms with van der Waals surface area (Å²) in [5.41, 5.74) is 1.78. The van der Waals surface area contributed by atoms with Crippen LogP contribution in [-0.2, 0) is 19.1 Å². The van der Waals surface area contributed by atoms with E-state index in [0.29, 0.717) is 11.2 Å². The first-order valence-electron chi connectivity index (χ1n) is 19.8. The quantitative estimate of drug-likeness (QED) is 0.0430. The largest absolute Gasteiger partial charge is 0.512 e. The first-order valence-corrected chi connectivity index (χ1v) is 19.8. The molecule has 312 valence electrons. The number of aromatic nitrogens is 2. The number of amides is 1. The Balaban J connectivity index is 1.73. The van der Waals surface area contributed by atoms with Gasteiger partial charge in [-0.2, -0.15) is 5.10 Å². The summed E-state index contributed by atoms with van der Waals surface area (Å²) in [4.78, 5) is 46.2. The van der Waals surface area contributed by atoms with Crippen molar-refractivity contribution < 1.29 is 44.3 Å². The van der Waals surface area contributed by atoms with E-state index in [-0.39, 0.29) is 51.2 Å². The molecule has 5 N–H and O–H groups in total. The first-order chi connectivity index (χ1) is 28.0. The highest BCUT2D eigenvalue weighted by atomic mass is 16.5. The molecule has 2 aromatic heterocycles. The lowest BCUT2D eigenvalue weighted by atomic mass is 9.68. The highest BCUT2D eigenvalue weighted by Gasteiger charge is 2.47. The summed E-state index contributed by atoms with van der Waals surface area (Å²) in [6.45, 7) is 9.97. The van der Waals surface area contributed by atoms with Crippen LogP contribution in [0.25, 0.3) is 22.3 Å². The van der Waals surface area contributed by atoms with Gasteiger partial charge < -0.3 is 40.2 Å². The van der Waals surface area contributed by atoms with Crippen LogP contribution in [0.2, 0.25) is 0 Å². The van der Waals surface area contributed by atoms with Gasteiger partial charge in [0.15, 0.2) is 5.75 Å². The maximum absolute atomic E-state index is 14.3. The Kier molecular flexibility index (Phi) is 12.5. The molecule has 1 aromatic carbocycles. The molecule has 0 fully saturated rings. The van der Waals surface area contributed by atoms with E-state index in [4.69, 9.17) is 14.5 Å². The van der Waals surface area contributed by atoms with Gasteiger partial charge in [0.1, 0.15) is 34.2 Å². The number of fused-ring (bicyclic) bond motifs is 6. The summed E-state index contributed by atoms with van der Waals surface area (Å²) in [5, 5.41) is 56.7. The number of nitrogens with zero attached hydrogens (tertiary/aromatic N) is 4. The molecule has 3 aliphatic rings. The van der Waals surface area contributed by atoms with Crippen LogP contribution < -0.4 is 5.32 Å². The average Bonchev–Trinajstić information content (AvgIpc) is 3.51. The Morgan fingerprint density at radius 1 is 1.07 bits per heavy atom. The van der Waals surface area contributed by atoms with Gasteiger partial charge in [0.2, 0.25) is 5.78 Å². The van der Waals surface area contributed by atoms with Gasteiger partial charge in [0.25, 0.3) is 5.91 Å². The number of hydrazone groups is 1. The predicted molar refractivity (Wildman–Crippen MR) is 225 cm³/mol. The number of methoxy groups -OCH3 is 1. The van der Waals surface area contributed by atoms with E-state index in [0.717, 1.165) is 0 Å². The van der Waals surface area contributed by atoms with E-state index in [9.17, 15) is 34.8 Å². The van der Waals surface area contributed by atoms with Crippen molar-refractivity contribution in [1.29, 1.82) is 0 Å². The van der Waals surface area contributed by atoms with Crippen molar-refractivity contribution in [1.82, 2.24) is 14.4 Å². The molecular weight excluding hydrogens is 755 g/mol. The number of aromatic hydroxyl groups is 1. The number of nitrogens with one attached hydrogen (secondary N) is 1. The first kappa shape index (κ1) is 42.8. The highest BCUT2D eigenvalue weighted by Crippen LogP contribution is 2.50. The molecule has 1 amide bonds. The van der Waals surface area contributed by atoms with Crippen LogP contribution >= 0.6 is 0 Å². The molecule has 0 spiro atoms. The molecule has 0 saturated heterocycles. The van der Waals surface area contributed by atoms with Crippen LogP contribution in [0, 0.1) is 47.3 Å². The summed E-state index contributed by atoms with van der Waals surface area (Å²) in [6, 6.07) is 3.55. The van der Waals surface area contributed by atoms with Gasteiger partial charge in [-0.1, -0.05) is 64.0 Å². The van der Waals surface area contributed by atoms with Crippen molar-refractivity contribution in [3.05, 3.63) is 76.7 Å². The number of pyridine rings is 1. The lowest BCUT2D eigenvalue weighted by molar-refractivity contribution is -0.165. The molecule has 2 aliphatic carbocycles. The number of anilines is 1. The van der Waals surface area contributed by atoms with Crippen LogP contribution in [-0.4, -0.2) is 104 Å². The molecule has 10 atom stereocenters. The number of esters is 1. The molecule has 0 radical (unpaired) electrons. The molecule has 0 saturated carbocycles. The van der Waals surface area contributed by atoms with Crippen LogP contribution in [0.15, 0.2) is 65.1 Å². The number of benzene rings is 1. The third kappa shape index (κ3) is 8.15. The van der Waals surface area contributed by atoms with Crippen molar-refractivity contribution in [3.8, 4) is 17.6 Å². The van der Waals surface area contributed by atoms with E-state index in [1.807, 2.05) is 6.92 Å². The Hall–Kier alpha value is -5.75. The van der Waals surface area contributed by atoms with E-state index in [1.54, 1.807) is 106 Å². The highest BCUT2D eigenvalue weighted by molar-refractivity contribution is 6.22. The minimum atomic E-state index is -1.19. The summed E-state index contributed by atoms with van der Waals surface area (Å²) in [7, 11) is 5.09. The van der Waals surface area contributed by atoms with E-state index < -0.39 is 83.3 Å². The van der Waals surface area contributed by atoms with Gasteiger partial charge in [-0.05, 0) is 36.5 Å². The number of allylic oxidation sites excluding steroid dienone is 4. The Morgan fingerprint density at radius 3 is 2.47 bits per heavy atom. The number of ketones is 1. The standard InChI is InChI=1S/C45H53N5O9/c1-22-12-10-13-23(2)45(57)48-39-40-38(47-33-20-28(18-19-50(33)40)21-46-49(7)8)37-35-29(16-17-31(53)36(37)43(39)56)24(3)34(32(58-9)15-11-14-30(35)52)44(59-27(6)51)26(5)42(55)25(4)41(22)54/h10-13,15,18-22,24-26,29,32,34,41-42,44,52,54-56H,14H2,1-9H3,(H,48,57)/b12-10+,15-11+,23-13-,35-30?,46-21+/t22-,24?,25+,26+,29?,32-,34-,41-,42+,44-/m0/s1. The maximum atomic E-state index is 14.3. The molecule has 14 heteroatoms. The molecule has 3 heterocycles. The number of hydrogen-bond acceptors (Lipinski definition) is 12. The van der Waals surface area contributed by atoms with Crippen molar-refractivity contribution in [3.63, 3.8) is 0 Å². The number of rotatable bonds is 4. The Morgan fingerprint density at radius 2 is 1.80 bits per heavy atom. The minimum Gasteiger partial charge on any atom is -0.512 e. The fourth-order valence-electron chi connectivity index (χ4n) is 8.62. The number of ether oxygens (including phenoxy) is 2. The van der Waals surface area contributed by atoms with Crippen molar-refractivity contribution in [2.45, 2.75) is 72.4 Å². The third-order valence-corrected chi connectivity index (χ3v) is 11.9. The van der Waals surface area contributed by atoms with Crippen LogP contribution in [0.3, 0.4) is 0 Å². The van der Waals surface area contributed by atoms with Gasteiger partial charge in [-0.25, -0.2) is 4.98 Å². The van der Waals surface area contributed by atoms with Gasteiger partial charge >= 0.3 is 5.97 Å². The molecule has 14 nitrogen and oxygen atoms in total. The van der Waals surface area contributed by atoms with Crippen molar-refractivity contribution in [2.75, 3.05) is 26.5 Å². The van der Waals surface area contributed by atoms with Gasteiger partial charge in [0, 0.05) is 81.1 Å². The smallest absolute Gasteiger partial charge is 0.302 e. The number of aliphatic hydroxyl groups is 3. The molecule has 6 rings (SSSR count). The van der Waals surface area contributed by atoms with Gasteiger partial charge in [-0.15, -0.1) is 0 Å². The second-order valence-corrected chi connectivity index (χ2v) is 16.1. The maximum Gasteiger partial charge on any atom is 0.302 e. The molecule has 2 unspecified atom stereocenters. The number of Topliss-reactive ketones (excluding diaryl/α,β-unsaturated/α-hetero) is 1. The monoisotopic (exact) mass is 807 g/mol. The zero-order chi connectivity index (χ0) is 43.0. The van der Waals surface area contributed by atoms with Crippen molar-refractivity contribution >= 4 is 51.8 Å². The molecule has 3 aromatic rings. The second-order valence-electron chi connectivity index (χ2n) is 16.1. The number of imidazole rings is 1. The Labute approximate surface area is 343 Å². The zero-order valence-electron chi connectivity index (χ0n) is 34.8. The fourth-order valence-corrected chi connectivity index (χ4v) is 8.62. The number of carbonyl (C=O) groups excluding carboxylic acids is 3. The third-order valence-electron chi connectivity index (χ3n) is 11.9. The molecule has 6 bridgehead atoms. The van der Waals surface area contributed by atoms with Crippen LogP contribution in [0.4, 0.5) is 5.69 Å². The van der Waals surface area contributed by atoms with E-state index in [2.05, 4.69) is 22.3 Å². The van der Waals surface area contributed by atoms with Crippen LogP contribution in [0.1, 0.15) is 69.4 Å². The average molecular weight is 808 g/mol. The SMILES string of the molecule is CO[C@H]1/C=C/CC(O)=C2c3c4c(O)c(c5c3nc3cc(/C=N/N(C)C)ccn35)NC(=O)/C(C)=C\C=C\[C@H](C)[C@H](O)[C@@H](C)[C@@H](O)[C@@H](C)[C@H](OC(C)=O)[C@H]1C(C)C2C#CC4=O. The lowest BCUT2D eigenvalue weighted by Gasteiger charge is -2.42. The summed E-state index contributed by atoms with van der Waals surface area (Å²) >= 11 is 0. The minimum absolute atomic E-state index is 0.0335. The lowest BCUT2D eigenvalue weighted by Crippen LogP contribution is -2.50. The normalized spacial score (nSPS) is 31.1.